The number of nitrogens with zero attached hydrogens (tertiary/aromatic N) is 4. The van der Waals surface area contributed by atoms with Crippen molar-refractivity contribution in [2.45, 2.75) is 77.5 Å². The summed E-state index contributed by atoms with van der Waals surface area (Å²) in [4.78, 5) is 41.6. The third-order valence-electron chi connectivity index (χ3n) is 9.13. The van der Waals surface area contributed by atoms with Gasteiger partial charge in [0.15, 0.2) is 5.82 Å². The lowest BCUT2D eigenvalue weighted by molar-refractivity contribution is -0.146. The van der Waals surface area contributed by atoms with E-state index in [0.717, 1.165) is 12.8 Å². The number of esters is 1. The largest absolute Gasteiger partial charge is 0.464 e. The van der Waals surface area contributed by atoms with Crippen LogP contribution in [0.15, 0.2) is 48.8 Å². The van der Waals surface area contributed by atoms with E-state index in [1.54, 1.807) is 56.3 Å². The number of nitrogens with one attached hydrogen (secondary N) is 2. The Labute approximate surface area is 307 Å². The number of aliphatic hydroxyl groups excluding tert-OH is 2. The van der Waals surface area contributed by atoms with Crippen LogP contribution in [0.25, 0.3) is 5.52 Å². The second-order valence-electron chi connectivity index (χ2n) is 13.1. The van der Waals surface area contributed by atoms with Crippen LogP contribution in [0.1, 0.15) is 59.6 Å². The van der Waals surface area contributed by atoms with E-state index in [2.05, 4.69) is 26.6 Å². The van der Waals surface area contributed by atoms with E-state index in [0.29, 0.717) is 5.52 Å². The Balaban J connectivity index is 1.51. The van der Waals surface area contributed by atoms with Crippen LogP contribution in [-0.4, -0.2) is 85.4 Å². The molecule has 4 rings (SSSR count). The number of thioether (sulfide) groups is 1. The Hall–Kier alpha value is -3.84. The summed E-state index contributed by atoms with van der Waals surface area (Å²) in [5.74, 6) is -1.31. The number of hydrogen-bond acceptors (Lipinski definition) is 13. The summed E-state index contributed by atoms with van der Waals surface area (Å²) in [6.45, 7) is 8.84. The highest BCUT2D eigenvalue weighted by atomic mass is 32.2. The third-order valence-corrected chi connectivity index (χ3v) is 11.7. The van der Waals surface area contributed by atoms with Gasteiger partial charge in [-0.15, -0.1) is 11.8 Å². The van der Waals surface area contributed by atoms with Gasteiger partial charge in [-0.3, -0.25) is 18.9 Å². The van der Waals surface area contributed by atoms with Crippen molar-refractivity contribution in [3.05, 3.63) is 54.5 Å². The van der Waals surface area contributed by atoms with E-state index in [4.69, 9.17) is 13.8 Å². The number of ketones is 1. The summed E-state index contributed by atoms with van der Waals surface area (Å²) >= 11 is 1.18. The van der Waals surface area contributed by atoms with Crippen molar-refractivity contribution in [3.8, 4) is 11.8 Å². The number of benzene rings is 1. The van der Waals surface area contributed by atoms with Gasteiger partial charge in [0.2, 0.25) is 5.91 Å². The zero-order chi connectivity index (χ0) is 38.1. The van der Waals surface area contributed by atoms with Crippen molar-refractivity contribution in [2.75, 3.05) is 30.0 Å². The quantitative estimate of drug-likeness (QED) is 0.0992. The Bertz CT molecular complexity index is 1780. The first-order chi connectivity index (χ1) is 24.8. The van der Waals surface area contributed by atoms with Crippen LogP contribution in [0.2, 0.25) is 0 Å². The number of para-hydroxylation sites is 1. The lowest BCUT2D eigenvalue weighted by Gasteiger charge is -2.25. The first-order valence-corrected chi connectivity index (χ1v) is 19.9. The van der Waals surface area contributed by atoms with Crippen LogP contribution in [-0.2, 0) is 33.6 Å². The number of Topliss-reactive ketones (excluding diaryl/α,β-unsaturated/α-hetero) is 1. The van der Waals surface area contributed by atoms with E-state index < -0.39 is 55.8 Å². The first-order valence-electron chi connectivity index (χ1n) is 17.2. The monoisotopic (exact) mass is 758 g/mol. The van der Waals surface area contributed by atoms with Crippen molar-refractivity contribution >= 4 is 48.5 Å². The zero-order valence-corrected chi connectivity index (χ0v) is 31.6. The number of rotatable bonds is 19. The molecule has 1 aliphatic carbocycles. The lowest BCUT2D eigenvalue weighted by Crippen LogP contribution is -2.40. The third kappa shape index (κ3) is 9.77. The molecule has 0 spiro atoms. The van der Waals surface area contributed by atoms with Crippen LogP contribution in [0.5, 0.6) is 5.75 Å². The van der Waals surface area contributed by atoms with Crippen LogP contribution in [0, 0.1) is 29.1 Å². The molecule has 4 N–H and O–H groups in total. The summed E-state index contributed by atoms with van der Waals surface area (Å²) in [6.07, 6.45) is -0.406. The first kappa shape index (κ1) is 40.9. The number of nitriles is 1. The predicted octanol–water partition coefficient (Wildman–Crippen LogP) is 4.29. The van der Waals surface area contributed by atoms with E-state index in [1.807, 2.05) is 13.8 Å². The molecule has 52 heavy (non-hydrogen) atoms. The average molecular weight is 759 g/mol. The van der Waals surface area contributed by atoms with Crippen molar-refractivity contribution in [1.82, 2.24) is 19.7 Å². The standard InChI is InChI=1S/C35H47N6O9PS/c1-6-24(7-2)16-48-34(46)23(5)40-51(47,50-26-11-9-8-10-12-26)49-17-25-15-35(20-36,32(45)31(25)44)29-14-13-27-33(37-21-38-41(27)29)39-30(43)19-52-18-28(42)22(3)4/h8-14,21-25,31-32,44-45H,6-7,15-19H2,1-5H3,(H,40,47)(H,37,38,39,43)/t23-,25+,31+,32+,35+,51?/m0/s1. The average Bonchev–Trinajstić information content (AvgIpc) is 3.67. The summed E-state index contributed by atoms with van der Waals surface area (Å²) in [7, 11) is -4.31. The van der Waals surface area contributed by atoms with Crippen LogP contribution < -0.4 is 14.9 Å². The van der Waals surface area contributed by atoms with E-state index in [-0.39, 0.29) is 59.4 Å². The Morgan fingerprint density at radius 1 is 1.12 bits per heavy atom. The van der Waals surface area contributed by atoms with E-state index in [9.17, 15) is 34.4 Å². The fraction of sp³-hybridized carbons (Fsp3) is 0.543. The van der Waals surface area contributed by atoms with E-state index >= 15 is 0 Å². The number of amides is 1. The molecule has 1 unspecified atom stereocenters. The van der Waals surface area contributed by atoms with Crippen LogP contribution in [0.3, 0.4) is 0 Å². The fourth-order valence-corrected chi connectivity index (χ4v) is 8.22. The SMILES string of the molecule is CCC(CC)COC(=O)[C@H](C)NP(=O)(OC[C@H]1C[C@@](C#N)(c2ccc3c(NC(=O)CSCC(=O)C(C)C)ncnn23)[C@H](O)[C@@H]1O)Oc1ccccc1. The molecule has 1 fully saturated rings. The Kier molecular flexibility index (Phi) is 14.4. The molecular weight excluding hydrogens is 711 g/mol. The van der Waals surface area contributed by atoms with Crippen molar-refractivity contribution in [1.29, 1.82) is 5.26 Å². The smallest absolute Gasteiger partial charge is 0.459 e. The minimum absolute atomic E-state index is 0.0156. The molecule has 0 bridgehead atoms. The number of carbonyl (C=O) groups is 3. The van der Waals surface area contributed by atoms with Gasteiger partial charge in [0.1, 0.15) is 40.9 Å². The Morgan fingerprint density at radius 3 is 2.48 bits per heavy atom. The number of fused-ring (bicyclic) bond motifs is 1. The molecule has 0 saturated heterocycles. The second kappa shape index (κ2) is 18.3. The second-order valence-corrected chi connectivity index (χ2v) is 15.8. The predicted molar refractivity (Wildman–Crippen MR) is 194 cm³/mol. The topological polar surface area (TPSA) is 214 Å². The molecule has 3 aromatic rings. The molecule has 1 saturated carbocycles. The molecule has 282 valence electrons. The fourth-order valence-electron chi connectivity index (χ4n) is 5.78. The molecule has 6 atom stereocenters. The maximum Gasteiger partial charge on any atom is 0.459 e. The van der Waals surface area contributed by atoms with Gasteiger partial charge in [0.25, 0.3) is 0 Å². The number of aliphatic hydroxyl groups is 2. The number of carbonyl (C=O) groups excluding carboxylic acids is 3. The van der Waals surface area contributed by atoms with Gasteiger partial charge in [-0.1, -0.05) is 58.7 Å². The molecule has 1 aliphatic rings. The molecule has 17 heteroatoms. The van der Waals surface area contributed by atoms with Crippen molar-refractivity contribution < 1.29 is 42.9 Å². The molecule has 1 aromatic carbocycles. The highest BCUT2D eigenvalue weighted by Gasteiger charge is 2.56. The van der Waals surface area contributed by atoms with Crippen molar-refractivity contribution in [2.24, 2.45) is 17.8 Å². The maximum absolute atomic E-state index is 14.1. The number of aromatic nitrogens is 3. The van der Waals surface area contributed by atoms with Gasteiger partial charge in [-0.2, -0.15) is 15.4 Å². The molecule has 2 heterocycles. The summed E-state index contributed by atoms with van der Waals surface area (Å²) in [6, 6.07) is 12.4. The normalized spacial score (nSPS) is 21.8. The molecule has 0 aliphatic heterocycles. The van der Waals surface area contributed by atoms with Gasteiger partial charge >= 0.3 is 13.7 Å². The number of anilines is 1. The van der Waals surface area contributed by atoms with Gasteiger partial charge in [-0.25, -0.2) is 14.1 Å². The molecule has 2 aromatic heterocycles. The Morgan fingerprint density at radius 2 is 1.83 bits per heavy atom. The van der Waals surface area contributed by atoms with E-state index in [1.165, 1.54) is 29.5 Å². The number of hydrogen-bond donors (Lipinski definition) is 4. The number of ether oxygens (including phenoxy) is 1. The minimum Gasteiger partial charge on any atom is -0.464 e. The molecule has 0 radical (unpaired) electrons. The van der Waals surface area contributed by atoms with Gasteiger partial charge in [-0.05, 0) is 43.5 Å². The molecular formula is C35H47N6O9PS. The summed E-state index contributed by atoms with van der Waals surface area (Å²) in [5, 5.41) is 42.7. The summed E-state index contributed by atoms with van der Waals surface area (Å²) < 4.78 is 32.5. The zero-order valence-electron chi connectivity index (χ0n) is 29.9. The maximum atomic E-state index is 14.1. The van der Waals surface area contributed by atoms with Crippen LogP contribution >= 0.6 is 19.5 Å². The van der Waals surface area contributed by atoms with Crippen molar-refractivity contribution in [3.63, 3.8) is 0 Å². The highest BCUT2D eigenvalue weighted by molar-refractivity contribution is 8.00. The van der Waals surface area contributed by atoms with Gasteiger partial charge in [0, 0.05) is 11.8 Å². The van der Waals surface area contributed by atoms with Gasteiger partial charge < -0.3 is 24.8 Å². The minimum atomic E-state index is -4.31. The summed E-state index contributed by atoms with van der Waals surface area (Å²) in [5.41, 5.74) is -1.14. The molecule has 1 amide bonds. The van der Waals surface area contributed by atoms with Gasteiger partial charge in [0.05, 0.1) is 42.6 Å². The highest BCUT2D eigenvalue weighted by Crippen LogP contribution is 2.49. The van der Waals surface area contributed by atoms with Crippen LogP contribution in [0.4, 0.5) is 5.82 Å². The lowest BCUT2D eigenvalue weighted by atomic mass is 9.81. The molecule has 15 nitrogen and oxygen atoms in total.